The molecular formula is C14H19F3N2. The number of alkyl halides is 3. The number of hydrogen-bond donors (Lipinski definition) is 1. The van der Waals surface area contributed by atoms with Crippen LogP contribution in [0.1, 0.15) is 31.4 Å². The zero-order valence-corrected chi connectivity index (χ0v) is 11.2. The lowest BCUT2D eigenvalue weighted by Crippen LogP contribution is -2.38. The molecule has 2 N–H and O–H groups in total. The Bertz CT molecular complexity index is 454. The van der Waals surface area contributed by atoms with E-state index in [1.165, 1.54) is 12.1 Å². The Balaban J connectivity index is 2.37. The van der Waals surface area contributed by atoms with E-state index in [1.54, 1.807) is 6.07 Å². The molecule has 5 heteroatoms. The summed E-state index contributed by atoms with van der Waals surface area (Å²) in [6, 6.07) is 4.51. The van der Waals surface area contributed by atoms with E-state index in [1.807, 2.05) is 0 Å². The van der Waals surface area contributed by atoms with Gasteiger partial charge in [-0.25, -0.2) is 0 Å². The molecule has 0 bridgehead atoms. The van der Waals surface area contributed by atoms with Gasteiger partial charge < -0.3 is 10.6 Å². The molecule has 2 nitrogen and oxygen atoms in total. The monoisotopic (exact) mass is 272 g/mol. The number of benzene rings is 1. The summed E-state index contributed by atoms with van der Waals surface area (Å²) < 4.78 is 38.2. The molecule has 0 saturated carbocycles. The van der Waals surface area contributed by atoms with Gasteiger partial charge in [-0.1, -0.05) is 0 Å². The summed E-state index contributed by atoms with van der Waals surface area (Å²) >= 11 is 0. The van der Waals surface area contributed by atoms with E-state index in [9.17, 15) is 13.2 Å². The van der Waals surface area contributed by atoms with Crippen molar-refractivity contribution in [2.75, 3.05) is 11.4 Å². The van der Waals surface area contributed by atoms with E-state index in [0.717, 1.165) is 17.7 Å². The second-order valence-electron chi connectivity index (χ2n) is 5.28. The Labute approximate surface area is 111 Å². The fourth-order valence-corrected chi connectivity index (χ4v) is 2.86. The number of rotatable bonds is 3. The van der Waals surface area contributed by atoms with Gasteiger partial charge in [-0.3, -0.25) is 0 Å². The molecule has 0 spiro atoms. The third kappa shape index (κ3) is 2.71. The molecule has 0 aromatic heterocycles. The first-order chi connectivity index (χ1) is 8.84. The number of fused-ring (bicyclic) bond motifs is 1. The highest BCUT2D eigenvalue weighted by molar-refractivity contribution is 5.61. The average Bonchev–Trinajstić information content (AvgIpc) is 2.65. The zero-order valence-electron chi connectivity index (χ0n) is 11.2. The maximum Gasteiger partial charge on any atom is 0.416 e. The number of halogens is 3. The molecule has 19 heavy (non-hydrogen) atoms. The summed E-state index contributed by atoms with van der Waals surface area (Å²) in [5, 5.41) is 0. The van der Waals surface area contributed by atoms with E-state index in [4.69, 9.17) is 5.73 Å². The Morgan fingerprint density at radius 1 is 1.37 bits per heavy atom. The fourth-order valence-electron chi connectivity index (χ4n) is 2.86. The van der Waals surface area contributed by atoms with Crippen LogP contribution in [-0.4, -0.2) is 18.6 Å². The Hall–Kier alpha value is -1.23. The molecule has 106 valence electrons. The van der Waals surface area contributed by atoms with Crippen LogP contribution >= 0.6 is 0 Å². The highest BCUT2D eigenvalue weighted by atomic mass is 19.4. The summed E-state index contributed by atoms with van der Waals surface area (Å²) in [6.07, 6.45) is -2.83. The highest BCUT2D eigenvalue weighted by Gasteiger charge is 2.35. The van der Waals surface area contributed by atoms with Gasteiger partial charge in [0.1, 0.15) is 0 Å². The van der Waals surface area contributed by atoms with Crippen LogP contribution in [0.25, 0.3) is 0 Å². The molecular weight excluding hydrogens is 253 g/mol. The molecule has 1 aliphatic rings. The number of nitrogens with zero attached hydrogens (tertiary/aromatic N) is 1. The molecule has 0 amide bonds. The molecule has 0 saturated heterocycles. The van der Waals surface area contributed by atoms with Gasteiger partial charge in [0.25, 0.3) is 0 Å². The lowest BCUT2D eigenvalue weighted by Gasteiger charge is -2.31. The minimum Gasteiger partial charge on any atom is -0.366 e. The van der Waals surface area contributed by atoms with Crippen molar-refractivity contribution in [3.63, 3.8) is 0 Å². The molecule has 0 radical (unpaired) electrons. The smallest absolute Gasteiger partial charge is 0.366 e. The van der Waals surface area contributed by atoms with Crippen LogP contribution in [0, 0.1) is 0 Å². The topological polar surface area (TPSA) is 29.3 Å². The third-order valence-corrected chi connectivity index (χ3v) is 3.59. The summed E-state index contributed by atoms with van der Waals surface area (Å²) in [6.45, 7) is 4.65. The first-order valence-corrected chi connectivity index (χ1v) is 6.53. The lowest BCUT2D eigenvalue weighted by atomic mass is 10.0. The second-order valence-corrected chi connectivity index (χ2v) is 5.28. The average molecular weight is 272 g/mol. The van der Waals surface area contributed by atoms with Gasteiger partial charge in [-0.2, -0.15) is 13.2 Å². The number of hydrogen-bond acceptors (Lipinski definition) is 2. The maximum absolute atomic E-state index is 12.7. The molecule has 1 aromatic carbocycles. The number of nitrogens with two attached hydrogens (primary N) is 1. The van der Waals surface area contributed by atoms with Crippen molar-refractivity contribution in [3.8, 4) is 0 Å². The Morgan fingerprint density at radius 2 is 2.05 bits per heavy atom. The van der Waals surface area contributed by atoms with E-state index < -0.39 is 11.7 Å². The highest BCUT2D eigenvalue weighted by Crippen LogP contribution is 2.39. The van der Waals surface area contributed by atoms with E-state index in [0.29, 0.717) is 13.0 Å². The van der Waals surface area contributed by atoms with Gasteiger partial charge in [-0.15, -0.1) is 0 Å². The first-order valence-electron chi connectivity index (χ1n) is 6.53. The van der Waals surface area contributed by atoms with Crippen LogP contribution in [-0.2, 0) is 12.6 Å². The minimum absolute atomic E-state index is 0.212. The predicted molar refractivity (Wildman–Crippen MR) is 70.2 cm³/mol. The third-order valence-electron chi connectivity index (χ3n) is 3.59. The van der Waals surface area contributed by atoms with Gasteiger partial charge >= 0.3 is 6.18 Å². The Morgan fingerprint density at radius 3 is 2.58 bits per heavy atom. The normalized spacial score (nSPS) is 19.1. The van der Waals surface area contributed by atoms with Gasteiger partial charge in [0.05, 0.1) is 5.56 Å². The first kappa shape index (κ1) is 14.2. The molecule has 1 aliphatic heterocycles. The van der Waals surface area contributed by atoms with Gasteiger partial charge in [0.2, 0.25) is 0 Å². The summed E-state index contributed by atoms with van der Waals surface area (Å²) in [5.74, 6) is 0. The summed E-state index contributed by atoms with van der Waals surface area (Å²) in [5.41, 5.74) is 6.73. The fraction of sp³-hybridized carbons (Fsp3) is 0.571. The van der Waals surface area contributed by atoms with Crippen LogP contribution in [0.2, 0.25) is 0 Å². The van der Waals surface area contributed by atoms with Crippen LogP contribution in [0.15, 0.2) is 18.2 Å². The molecule has 0 aliphatic carbocycles. The van der Waals surface area contributed by atoms with Crippen LogP contribution < -0.4 is 10.6 Å². The minimum atomic E-state index is -4.27. The van der Waals surface area contributed by atoms with Crippen LogP contribution in [0.4, 0.5) is 18.9 Å². The molecule has 0 fully saturated rings. The second kappa shape index (κ2) is 5.04. The van der Waals surface area contributed by atoms with Crippen molar-refractivity contribution < 1.29 is 13.2 Å². The van der Waals surface area contributed by atoms with E-state index in [2.05, 4.69) is 18.7 Å². The molecule has 1 aromatic rings. The van der Waals surface area contributed by atoms with Crippen LogP contribution in [0.5, 0.6) is 0 Å². The quantitative estimate of drug-likeness (QED) is 0.915. The maximum atomic E-state index is 12.7. The van der Waals surface area contributed by atoms with Crippen molar-refractivity contribution in [3.05, 3.63) is 29.3 Å². The SMILES string of the molecule is CC(C)N1c2ccc(C(F)(F)F)cc2CC1CCN. The van der Waals surface area contributed by atoms with Crippen molar-refractivity contribution in [2.45, 2.75) is 44.9 Å². The van der Waals surface area contributed by atoms with Crippen molar-refractivity contribution in [2.24, 2.45) is 5.73 Å². The number of anilines is 1. The van der Waals surface area contributed by atoms with Crippen molar-refractivity contribution in [1.29, 1.82) is 0 Å². The van der Waals surface area contributed by atoms with Crippen LogP contribution in [0.3, 0.4) is 0 Å². The Kier molecular flexibility index (Phi) is 3.76. The molecule has 1 atom stereocenters. The molecule has 1 heterocycles. The summed E-state index contributed by atoms with van der Waals surface area (Å²) in [4.78, 5) is 2.18. The van der Waals surface area contributed by atoms with E-state index >= 15 is 0 Å². The molecule has 1 unspecified atom stereocenters. The summed E-state index contributed by atoms with van der Waals surface area (Å²) in [7, 11) is 0. The van der Waals surface area contributed by atoms with Crippen molar-refractivity contribution >= 4 is 5.69 Å². The molecule has 2 rings (SSSR count). The largest absolute Gasteiger partial charge is 0.416 e. The zero-order chi connectivity index (χ0) is 14.2. The van der Waals surface area contributed by atoms with E-state index in [-0.39, 0.29) is 12.1 Å². The standard InChI is InChI=1S/C14H19F3N2/c1-9(2)19-12(5-6-18)8-10-7-11(14(15,16)17)3-4-13(10)19/h3-4,7,9,12H,5-6,8,18H2,1-2H3. The van der Waals surface area contributed by atoms with Gasteiger partial charge in [0.15, 0.2) is 0 Å². The lowest BCUT2D eigenvalue weighted by molar-refractivity contribution is -0.137. The van der Waals surface area contributed by atoms with Gasteiger partial charge in [-0.05, 0) is 57.0 Å². The van der Waals surface area contributed by atoms with Gasteiger partial charge in [0, 0.05) is 17.8 Å². The van der Waals surface area contributed by atoms with Crippen molar-refractivity contribution in [1.82, 2.24) is 0 Å². The predicted octanol–water partition coefficient (Wildman–Crippen LogP) is 3.19.